The third kappa shape index (κ3) is 4.71. The minimum atomic E-state index is 0.0954. The van der Waals surface area contributed by atoms with Gasteiger partial charge in [0.05, 0.1) is 0 Å². The van der Waals surface area contributed by atoms with Gasteiger partial charge in [-0.1, -0.05) is 6.07 Å². The first kappa shape index (κ1) is 14.0. The third-order valence-electron chi connectivity index (χ3n) is 2.92. The molecule has 0 aromatic carbocycles. The van der Waals surface area contributed by atoms with Gasteiger partial charge in [0.15, 0.2) is 0 Å². The van der Waals surface area contributed by atoms with Crippen LogP contribution in [0.5, 0.6) is 0 Å². The van der Waals surface area contributed by atoms with Crippen molar-refractivity contribution < 1.29 is 0 Å². The van der Waals surface area contributed by atoms with Crippen LogP contribution < -0.4 is 10.9 Å². The van der Waals surface area contributed by atoms with Gasteiger partial charge < -0.3 is 9.88 Å². The molecule has 1 N–H and O–H groups in total. The smallest absolute Gasteiger partial charge is 0.250 e. The van der Waals surface area contributed by atoms with Crippen LogP contribution in [-0.2, 0) is 6.54 Å². The third-order valence-corrected chi connectivity index (χ3v) is 5.44. The molecule has 0 aliphatic carbocycles. The number of rotatable bonds is 5. The second kappa shape index (κ2) is 7.92. The lowest BCUT2D eigenvalue weighted by Gasteiger charge is -2.15. The van der Waals surface area contributed by atoms with E-state index in [2.05, 4.69) is 5.32 Å². The zero-order chi connectivity index (χ0) is 12.6. The number of pyridine rings is 1. The number of hydrogen-bond donors (Lipinski definition) is 1. The lowest BCUT2D eigenvalue weighted by atomic mass is 10.3. The summed E-state index contributed by atoms with van der Waals surface area (Å²) in [4.78, 5) is 11.5. The van der Waals surface area contributed by atoms with Crippen LogP contribution in [0.2, 0.25) is 0 Å². The molecule has 1 aliphatic rings. The van der Waals surface area contributed by atoms with E-state index in [9.17, 15) is 4.79 Å². The first-order valence-corrected chi connectivity index (χ1v) is 8.71. The van der Waals surface area contributed by atoms with Gasteiger partial charge >= 0.3 is 0 Å². The van der Waals surface area contributed by atoms with Crippen LogP contribution in [0.4, 0.5) is 0 Å². The highest BCUT2D eigenvalue weighted by molar-refractivity contribution is 8.03. The molecule has 100 valence electrons. The van der Waals surface area contributed by atoms with Crippen molar-refractivity contribution in [2.75, 3.05) is 29.6 Å². The number of aryl methyl sites for hydroxylation is 1. The number of nitrogens with one attached hydrogen (secondary N) is 1. The number of hydrogen-bond acceptors (Lipinski definition) is 4. The molecule has 3 nitrogen and oxygen atoms in total. The number of nitrogens with zero attached hydrogens (tertiary/aromatic N) is 1. The summed E-state index contributed by atoms with van der Waals surface area (Å²) in [6.45, 7) is 1.80. The largest absolute Gasteiger partial charge is 0.315 e. The molecule has 0 saturated carbocycles. The Morgan fingerprint density at radius 3 is 2.78 bits per heavy atom. The lowest BCUT2D eigenvalue weighted by Crippen LogP contribution is -2.34. The predicted octanol–water partition coefficient (Wildman–Crippen LogP) is 1.68. The molecule has 1 aromatic rings. The molecule has 1 saturated heterocycles. The van der Waals surface area contributed by atoms with E-state index in [1.807, 2.05) is 35.8 Å². The molecule has 2 heterocycles. The van der Waals surface area contributed by atoms with Crippen LogP contribution in [-0.4, -0.2) is 40.2 Å². The van der Waals surface area contributed by atoms with Crippen LogP contribution in [0.25, 0.3) is 0 Å². The minimum absolute atomic E-state index is 0.0954. The Labute approximate surface area is 117 Å². The zero-order valence-electron chi connectivity index (χ0n) is 10.5. The highest BCUT2D eigenvalue weighted by Crippen LogP contribution is 2.16. The minimum Gasteiger partial charge on any atom is -0.315 e. The van der Waals surface area contributed by atoms with Crippen LogP contribution in [0.3, 0.4) is 0 Å². The quantitative estimate of drug-likeness (QED) is 0.834. The van der Waals surface area contributed by atoms with Gasteiger partial charge in [-0.05, 0) is 19.0 Å². The molecule has 0 radical (unpaired) electrons. The summed E-state index contributed by atoms with van der Waals surface area (Å²) in [6, 6.07) is 5.95. The molecular formula is C13H20N2OS2. The first-order chi connectivity index (χ1) is 8.86. The number of thioether (sulfide) groups is 2. The van der Waals surface area contributed by atoms with E-state index in [1.165, 1.54) is 23.0 Å². The summed E-state index contributed by atoms with van der Waals surface area (Å²) in [5, 5.41) is 3.59. The van der Waals surface area contributed by atoms with Gasteiger partial charge in [0.1, 0.15) is 0 Å². The van der Waals surface area contributed by atoms with Crippen molar-refractivity contribution >= 4 is 23.5 Å². The fourth-order valence-electron chi connectivity index (χ4n) is 1.94. The van der Waals surface area contributed by atoms with Crippen molar-refractivity contribution in [3.8, 4) is 0 Å². The van der Waals surface area contributed by atoms with E-state index in [0.29, 0.717) is 6.04 Å². The SMILES string of the molecule is O=c1ccccn1CCCNC1CSCCSC1. The summed E-state index contributed by atoms with van der Waals surface area (Å²) >= 11 is 4.08. The Morgan fingerprint density at radius 1 is 1.28 bits per heavy atom. The summed E-state index contributed by atoms with van der Waals surface area (Å²) in [7, 11) is 0. The molecule has 2 rings (SSSR count). The Hall–Kier alpha value is -0.390. The summed E-state index contributed by atoms with van der Waals surface area (Å²) in [5.41, 5.74) is 0.0954. The van der Waals surface area contributed by atoms with Crippen molar-refractivity contribution in [1.82, 2.24) is 9.88 Å². The molecular weight excluding hydrogens is 264 g/mol. The van der Waals surface area contributed by atoms with Crippen molar-refractivity contribution in [2.24, 2.45) is 0 Å². The monoisotopic (exact) mass is 284 g/mol. The molecule has 5 heteroatoms. The van der Waals surface area contributed by atoms with Crippen molar-refractivity contribution in [1.29, 1.82) is 0 Å². The van der Waals surface area contributed by atoms with Crippen molar-refractivity contribution in [2.45, 2.75) is 19.0 Å². The summed E-state index contributed by atoms with van der Waals surface area (Å²) in [5.74, 6) is 5.00. The van der Waals surface area contributed by atoms with E-state index < -0.39 is 0 Å². The van der Waals surface area contributed by atoms with E-state index >= 15 is 0 Å². The Kier molecular flexibility index (Phi) is 6.17. The maximum atomic E-state index is 11.5. The van der Waals surface area contributed by atoms with Gasteiger partial charge in [-0.25, -0.2) is 0 Å². The fourth-order valence-corrected chi connectivity index (χ4v) is 4.40. The first-order valence-electron chi connectivity index (χ1n) is 6.40. The molecule has 1 aromatic heterocycles. The van der Waals surface area contributed by atoms with E-state index in [-0.39, 0.29) is 5.56 Å². The normalized spacial score (nSPS) is 17.6. The highest BCUT2D eigenvalue weighted by atomic mass is 32.2. The van der Waals surface area contributed by atoms with Crippen molar-refractivity contribution in [3.63, 3.8) is 0 Å². The Balaban J connectivity index is 1.66. The molecule has 0 atom stereocenters. The van der Waals surface area contributed by atoms with E-state index in [1.54, 1.807) is 16.7 Å². The van der Waals surface area contributed by atoms with Gasteiger partial charge in [0.2, 0.25) is 5.56 Å². The summed E-state index contributed by atoms with van der Waals surface area (Å²) in [6.07, 6.45) is 2.87. The van der Waals surface area contributed by atoms with Gasteiger partial charge in [0, 0.05) is 47.9 Å². The lowest BCUT2D eigenvalue weighted by molar-refractivity contribution is 0.537. The fraction of sp³-hybridized carbons (Fsp3) is 0.615. The zero-order valence-corrected chi connectivity index (χ0v) is 12.1. The molecule has 0 amide bonds. The molecule has 0 unspecified atom stereocenters. The van der Waals surface area contributed by atoms with Gasteiger partial charge in [-0.2, -0.15) is 23.5 Å². The molecule has 1 fully saturated rings. The summed E-state index contributed by atoms with van der Waals surface area (Å²) < 4.78 is 1.78. The Bertz CT molecular complexity index is 400. The van der Waals surface area contributed by atoms with Gasteiger partial charge in [-0.3, -0.25) is 4.79 Å². The topological polar surface area (TPSA) is 34.0 Å². The average Bonchev–Trinajstić information content (AvgIpc) is 2.65. The molecule has 1 aliphatic heterocycles. The second-order valence-electron chi connectivity index (χ2n) is 4.39. The van der Waals surface area contributed by atoms with Crippen LogP contribution in [0.15, 0.2) is 29.2 Å². The van der Waals surface area contributed by atoms with Gasteiger partial charge in [-0.15, -0.1) is 0 Å². The van der Waals surface area contributed by atoms with Crippen LogP contribution in [0.1, 0.15) is 6.42 Å². The standard InChI is InChI=1S/C13H20N2OS2/c16-13-4-1-2-6-15(13)7-3-5-14-12-10-17-8-9-18-11-12/h1-2,4,6,12,14H,3,5,7-11H2. The predicted molar refractivity (Wildman–Crippen MR) is 81.8 cm³/mol. The molecule has 18 heavy (non-hydrogen) atoms. The Morgan fingerprint density at radius 2 is 2.06 bits per heavy atom. The second-order valence-corrected chi connectivity index (χ2v) is 6.69. The van der Waals surface area contributed by atoms with E-state index in [4.69, 9.17) is 0 Å². The van der Waals surface area contributed by atoms with Gasteiger partial charge in [0.25, 0.3) is 0 Å². The average molecular weight is 284 g/mol. The molecule has 0 bridgehead atoms. The number of aromatic nitrogens is 1. The van der Waals surface area contributed by atoms with E-state index in [0.717, 1.165) is 19.5 Å². The maximum absolute atomic E-state index is 11.5. The van der Waals surface area contributed by atoms with Crippen LogP contribution >= 0.6 is 23.5 Å². The maximum Gasteiger partial charge on any atom is 0.250 e. The molecule has 0 spiro atoms. The van der Waals surface area contributed by atoms with Crippen LogP contribution in [0, 0.1) is 0 Å². The van der Waals surface area contributed by atoms with Crippen molar-refractivity contribution in [3.05, 3.63) is 34.7 Å². The highest BCUT2D eigenvalue weighted by Gasteiger charge is 2.11.